The van der Waals surface area contributed by atoms with Crippen molar-refractivity contribution >= 4 is 40.9 Å². The molecular formula is C12H12ClNO4S. The van der Waals surface area contributed by atoms with E-state index in [1.54, 1.807) is 13.0 Å². The number of halogens is 1. The van der Waals surface area contributed by atoms with Crippen molar-refractivity contribution in [3.8, 4) is 0 Å². The van der Waals surface area contributed by atoms with Crippen LogP contribution >= 0.6 is 23.4 Å². The molecule has 0 saturated heterocycles. The molecule has 0 radical (unpaired) electrons. The highest BCUT2D eigenvalue weighted by Gasteiger charge is 2.29. The Morgan fingerprint density at radius 1 is 1.58 bits per heavy atom. The molecule has 1 aromatic carbocycles. The van der Waals surface area contributed by atoms with Gasteiger partial charge in [-0.25, -0.2) is 0 Å². The van der Waals surface area contributed by atoms with Crippen LogP contribution in [0.3, 0.4) is 0 Å². The molecule has 0 saturated carbocycles. The average molecular weight is 302 g/mol. The summed E-state index contributed by atoms with van der Waals surface area (Å²) in [6, 6.07) is 3.18. The first-order chi connectivity index (χ1) is 9.02. The number of carbonyl (C=O) groups excluding carboxylic acids is 2. The molecule has 1 aliphatic heterocycles. The lowest BCUT2D eigenvalue weighted by Crippen LogP contribution is -2.10. The van der Waals surface area contributed by atoms with E-state index in [0.717, 1.165) is 0 Å². The van der Waals surface area contributed by atoms with E-state index >= 15 is 0 Å². The van der Waals surface area contributed by atoms with E-state index in [2.05, 4.69) is 5.32 Å². The summed E-state index contributed by atoms with van der Waals surface area (Å²) in [4.78, 5) is 23.2. The molecule has 2 rings (SSSR count). The number of nitrogens with one attached hydrogen (secondary N) is 1. The third-order valence-corrected chi connectivity index (χ3v) is 4.01. The molecule has 1 heterocycles. The van der Waals surface area contributed by atoms with Crippen LogP contribution in [0.25, 0.3) is 0 Å². The van der Waals surface area contributed by atoms with Crippen LogP contribution in [-0.2, 0) is 14.3 Å². The lowest BCUT2D eigenvalue weighted by molar-refractivity contribution is -0.139. The van der Waals surface area contributed by atoms with Crippen molar-refractivity contribution in [2.75, 3.05) is 17.7 Å². The van der Waals surface area contributed by atoms with Gasteiger partial charge in [-0.1, -0.05) is 11.6 Å². The highest BCUT2D eigenvalue weighted by atomic mass is 35.5. The highest BCUT2D eigenvalue weighted by Crippen LogP contribution is 2.38. The molecule has 0 fully saturated rings. The maximum absolute atomic E-state index is 11.3. The standard InChI is InChI=1S/C12H12ClNO4S/c1-2-18-10(15)5-19-9-4-8-6(3-7(9)13)11(16)12(17)14-8/h3-4,11,16H,2,5H2,1H3,(H,14,17). The number of amides is 1. The van der Waals surface area contributed by atoms with E-state index in [4.69, 9.17) is 16.3 Å². The molecular weight excluding hydrogens is 290 g/mol. The highest BCUT2D eigenvalue weighted by molar-refractivity contribution is 8.00. The van der Waals surface area contributed by atoms with Crippen LogP contribution < -0.4 is 5.32 Å². The largest absolute Gasteiger partial charge is 0.465 e. The van der Waals surface area contributed by atoms with Crippen LogP contribution in [0, 0.1) is 0 Å². The fourth-order valence-corrected chi connectivity index (χ4v) is 2.79. The van der Waals surface area contributed by atoms with Crippen LogP contribution in [0.2, 0.25) is 5.02 Å². The molecule has 7 heteroatoms. The molecule has 19 heavy (non-hydrogen) atoms. The third-order valence-electron chi connectivity index (χ3n) is 2.56. The van der Waals surface area contributed by atoms with Gasteiger partial charge in [0.25, 0.3) is 5.91 Å². The first-order valence-corrected chi connectivity index (χ1v) is 7.00. The SMILES string of the molecule is CCOC(=O)CSc1cc2c(cc1Cl)C(O)C(=O)N2. The zero-order valence-corrected chi connectivity index (χ0v) is 11.7. The monoisotopic (exact) mass is 301 g/mol. The quantitative estimate of drug-likeness (QED) is 0.657. The number of carbonyl (C=O) groups is 2. The lowest BCUT2D eigenvalue weighted by Gasteiger charge is -2.07. The zero-order valence-electron chi connectivity index (χ0n) is 10.1. The van der Waals surface area contributed by atoms with Crippen molar-refractivity contribution in [2.45, 2.75) is 17.9 Å². The molecule has 1 atom stereocenters. The number of hydrogen-bond donors (Lipinski definition) is 2. The fourth-order valence-electron chi connectivity index (χ4n) is 1.70. The number of ether oxygens (including phenoxy) is 1. The molecule has 2 N–H and O–H groups in total. The summed E-state index contributed by atoms with van der Waals surface area (Å²) in [5.74, 6) is -0.658. The maximum atomic E-state index is 11.3. The Morgan fingerprint density at radius 2 is 2.32 bits per heavy atom. The molecule has 0 aromatic heterocycles. The predicted molar refractivity (Wildman–Crippen MR) is 72.4 cm³/mol. The number of fused-ring (bicyclic) bond motifs is 1. The number of rotatable bonds is 4. The Kier molecular flexibility index (Phi) is 4.34. The number of aliphatic hydroxyl groups is 1. The van der Waals surface area contributed by atoms with E-state index < -0.39 is 12.0 Å². The molecule has 102 valence electrons. The molecule has 0 aliphatic carbocycles. The van der Waals surface area contributed by atoms with Crippen LogP contribution in [-0.4, -0.2) is 29.3 Å². The molecule has 0 spiro atoms. The number of aliphatic hydroxyl groups excluding tert-OH is 1. The van der Waals surface area contributed by atoms with Gasteiger partial charge in [0.1, 0.15) is 0 Å². The second kappa shape index (κ2) is 5.81. The predicted octanol–water partition coefficient (Wildman–Crippen LogP) is 1.98. The number of benzene rings is 1. The summed E-state index contributed by atoms with van der Waals surface area (Å²) in [5, 5.41) is 12.5. The van der Waals surface area contributed by atoms with E-state index in [1.807, 2.05) is 0 Å². The summed E-state index contributed by atoms with van der Waals surface area (Å²) >= 11 is 7.28. The summed E-state index contributed by atoms with van der Waals surface area (Å²) in [6.07, 6.45) is -1.18. The molecule has 1 aliphatic rings. The Balaban J connectivity index is 2.14. The van der Waals surface area contributed by atoms with Crippen LogP contribution in [0.4, 0.5) is 5.69 Å². The van der Waals surface area contributed by atoms with Crippen molar-refractivity contribution in [2.24, 2.45) is 0 Å². The Bertz CT molecular complexity index is 535. The average Bonchev–Trinajstić information content (AvgIpc) is 2.63. The van der Waals surface area contributed by atoms with E-state index in [1.165, 1.54) is 17.8 Å². The van der Waals surface area contributed by atoms with E-state index in [-0.39, 0.29) is 11.7 Å². The van der Waals surface area contributed by atoms with Crippen LogP contribution in [0.1, 0.15) is 18.6 Å². The van der Waals surface area contributed by atoms with Crippen molar-refractivity contribution in [1.29, 1.82) is 0 Å². The molecule has 0 bridgehead atoms. The first kappa shape index (κ1) is 14.2. The van der Waals surface area contributed by atoms with Gasteiger partial charge in [-0.05, 0) is 19.1 Å². The minimum atomic E-state index is -1.18. The zero-order chi connectivity index (χ0) is 14.0. The summed E-state index contributed by atoms with van der Waals surface area (Å²) in [5.41, 5.74) is 0.976. The van der Waals surface area contributed by atoms with Gasteiger partial charge in [0.2, 0.25) is 0 Å². The van der Waals surface area contributed by atoms with Crippen molar-refractivity contribution < 1.29 is 19.4 Å². The number of esters is 1. The van der Waals surface area contributed by atoms with Gasteiger partial charge in [0, 0.05) is 16.1 Å². The lowest BCUT2D eigenvalue weighted by atomic mass is 10.1. The van der Waals surface area contributed by atoms with Gasteiger partial charge in [-0.3, -0.25) is 9.59 Å². The summed E-state index contributed by atoms with van der Waals surface area (Å²) in [6.45, 7) is 2.07. The van der Waals surface area contributed by atoms with Gasteiger partial charge in [-0.15, -0.1) is 11.8 Å². The molecule has 1 unspecified atom stereocenters. The number of anilines is 1. The minimum absolute atomic E-state index is 0.142. The maximum Gasteiger partial charge on any atom is 0.316 e. The smallest absolute Gasteiger partial charge is 0.316 e. The minimum Gasteiger partial charge on any atom is -0.465 e. The summed E-state index contributed by atoms with van der Waals surface area (Å²) in [7, 11) is 0. The van der Waals surface area contributed by atoms with Gasteiger partial charge in [0.05, 0.1) is 17.4 Å². The van der Waals surface area contributed by atoms with E-state index in [9.17, 15) is 14.7 Å². The van der Waals surface area contributed by atoms with Gasteiger partial charge < -0.3 is 15.2 Å². The van der Waals surface area contributed by atoms with Crippen LogP contribution in [0.5, 0.6) is 0 Å². The Hall–Kier alpha value is -1.24. The molecule has 1 amide bonds. The molecule has 1 aromatic rings. The van der Waals surface area contributed by atoms with Crippen molar-refractivity contribution in [3.63, 3.8) is 0 Å². The van der Waals surface area contributed by atoms with Gasteiger partial charge >= 0.3 is 5.97 Å². The Morgan fingerprint density at radius 3 is 3.00 bits per heavy atom. The third kappa shape index (κ3) is 3.02. The van der Waals surface area contributed by atoms with Crippen molar-refractivity contribution in [1.82, 2.24) is 0 Å². The van der Waals surface area contributed by atoms with Gasteiger partial charge in [-0.2, -0.15) is 0 Å². The Labute approximate surface area is 119 Å². The van der Waals surface area contributed by atoms with Crippen molar-refractivity contribution in [3.05, 3.63) is 22.7 Å². The van der Waals surface area contributed by atoms with Crippen LogP contribution in [0.15, 0.2) is 17.0 Å². The number of hydrogen-bond acceptors (Lipinski definition) is 5. The summed E-state index contributed by atoms with van der Waals surface area (Å²) < 4.78 is 4.82. The van der Waals surface area contributed by atoms with E-state index in [0.29, 0.717) is 27.8 Å². The van der Waals surface area contributed by atoms with Gasteiger partial charge in [0.15, 0.2) is 6.10 Å². The second-order valence-corrected chi connectivity index (χ2v) is 5.28. The normalized spacial score (nSPS) is 17.0. The fraction of sp³-hybridized carbons (Fsp3) is 0.333. The second-order valence-electron chi connectivity index (χ2n) is 3.86. The molecule has 5 nitrogen and oxygen atoms in total. The first-order valence-electron chi connectivity index (χ1n) is 5.63. The topological polar surface area (TPSA) is 75.6 Å². The number of thioether (sulfide) groups is 1.